The number of thioether (sulfide) groups is 2. The second kappa shape index (κ2) is 44.2. The van der Waals surface area contributed by atoms with Crippen molar-refractivity contribution >= 4 is 130 Å². The third kappa shape index (κ3) is 22.9. The van der Waals surface area contributed by atoms with Crippen LogP contribution in [0.25, 0.3) is 32.7 Å². The predicted octanol–water partition coefficient (Wildman–Crippen LogP) is 9.12. The van der Waals surface area contributed by atoms with Gasteiger partial charge in [0, 0.05) is 77.8 Å². The number of aliphatic imine (C=N–C) groups is 1. The van der Waals surface area contributed by atoms with E-state index in [0.717, 1.165) is 72.3 Å². The zero-order valence-electron chi connectivity index (χ0n) is 73.6. The molecule has 5 aromatic carbocycles. The topological polar surface area (TPSA) is 389 Å². The molecular weight excluding hydrogens is 1750 g/mol. The van der Waals surface area contributed by atoms with E-state index in [-0.39, 0.29) is 83.4 Å². The molecule has 4 fully saturated rings. The van der Waals surface area contributed by atoms with Gasteiger partial charge in [0.2, 0.25) is 5.91 Å². The van der Waals surface area contributed by atoms with E-state index in [1.165, 1.54) is 49.0 Å². The summed E-state index contributed by atoms with van der Waals surface area (Å²) in [4.78, 5) is 149. The van der Waals surface area contributed by atoms with Crippen molar-refractivity contribution in [3.63, 3.8) is 0 Å². The first-order chi connectivity index (χ1) is 61.6. The zero-order chi connectivity index (χ0) is 89.3. The number of hydrogen-bond acceptors (Lipinski definition) is 17. The minimum atomic E-state index is -3.55. The number of carbonyl (C=O) groups excluding carboxylic acids is 8. The maximum atomic E-state index is 16.4. The molecule has 4 aliphatic heterocycles. The van der Waals surface area contributed by atoms with Crippen molar-refractivity contribution in [2.75, 3.05) is 87.9 Å². The molecule has 15 atom stereocenters. The molecular formula is C97H128IN18O9S2+. The molecule has 0 radical (unpaired) electrons. The molecule has 1 unspecified atom stereocenters. The number of halogens is 1. The molecule has 27 nitrogen and oxygen atoms in total. The van der Waals surface area contributed by atoms with E-state index < -0.39 is 118 Å². The molecule has 0 saturated carbocycles. The predicted molar refractivity (Wildman–Crippen MR) is 516 cm³/mol. The molecule has 127 heavy (non-hydrogen) atoms. The number of guanidine groups is 1. The van der Waals surface area contributed by atoms with Gasteiger partial charge in [-0.3, -0.25) is 14.6 Å². The van der Waals surface area contributed by atoms with E-state index in [1.807, 2.05) is 128 Å². The number of aromatic amines is 3. The van der Waals surface area contributed by atoms with Gasteiger partial charge in [-0.05, 0) is 130 Å². The number of hydrogen-bond donors (Lipinski definition) is 14. The molecule has 8 amide bonds. The quantitative estimate of drug-likeness (QED) is 0.00184. The molecule has 8 aromatic rings. The van der Waals surface area contributed by atoms with Crippen LogP contribution in [0.1, 0.15) is 135 Å². The third-order valence-corrected chi connectivity index (χ3v) is 31.8. The van der Waals surface area contributed by atoms with Crippen molar-refractivity contribution in [2.45, 2.75) is 186 Å². The van der Waals surface area contributed by atoms with Crippen LogP contribution in [0.5, 0.6) is 0 Å². The van der Waals surface area contributed by atoms with Gasteiger partial charge >= 0.3 is 369 Å². The molecule has 17 N–H and O–H groups in total. The molecule has 2 aliphatic carbocycles. The molecule has 4 saturated heterocycles. The number of nitrogens with two attached hydrogens (primary N) is 3. The number of carbonyl (C=O) groups is 8. The van der Waals surface area contributed by atoms with Gasteiger partial charge in [0.25, 0.3) is 0 Å². The summed E-state index contributed by atoms with van der Waals surface area (Å²) in [5, 5.41) is 21.7. The van der Waals surface area contributed by atoms with E-state index in [9.17, 15) is 3.44 Å². The Hall–Kier alpha value is -9.48. The third-order valence-electron chi connectivity index (χ3n) is 26.8. The number of piperidine rings is 2. The number of likely N-dealkylation sites (tertiary alicyclic amines) is 2. The Morgan fingerprint density at radius 1 is 0.598 bits per heavy atom. The number of rotatable bonds is 31. The van der Waals surface area contributed by atoms with Crippen LogP contribution in [0.2, 0.25) is 0 Å². The average molecular weight is 1880 g/mol. The van der Waals surface area contributed by atoms with Gasteiger partial charge in [0.05, 0.1) is 0 Å². The summed E-state index contributed by atoms with van der Waals surface area (Å²) in [6, 6.07) is 31.4. The van der Waals surface area contributed by atoms with Crippen molar-refractivity contribution in [1.82, 2.24) is 67.0 Å². The number of amides is 8. The number of fused-ring (bicyclic) bond motifs is 5. The van der Waals surface area contributed by atoms with Crippen LogP contribution in [0.4, 0.5) is 0 Å². The van der Waals surface area contributed by atoms with E-state index in [1.54, 1.807) is 18.3 Å². The van der Waals surface area contributed by atoms with Crippen molar-refractivity contribution in [2.24, 2.45) is 34.0 Å². The van der Waals surface area contributed by atoms with Gasteiger partial charge in [0.15, 0.2) is 5.96 Å². The van der Waals surface area contributed by atoms with Crippen LogP contribution in [0, 0.1) is 11.8 Å². The number of benzene rings is 5. The van der Waals surface area contributed by atoms with Crippen LogP contribution in [0.3, 0.4) is 0 Å². The van der Waals surface area contributed by atoms with Crippen LogP contribution >= 0.6 is 43.8 Å². The van der Waals surface area contributed by atoms with E-state index in [0.29, 0.717) is 97.2 Å². The molecule has 678 valence electrons. The van der Waals surface area contributed by atoms with Gasteiger partial charge in [-0.15, -0.1) is 0 Å². The standard InChI is InChI=1S/C97H127IN18O9S2/c1-6-8-24-61(7-2)38-39-79-90(118)110-80(49-62-25-11-9-12-26-62)92(120)111-81(51-66-54-103-74-32-16-15-29-69(66)74)93(121)107-77(33-17-19-40-99)91(119)112-88(98(3)125)96(124)116(85(95(116)123)50-63-27-13-10-14-28-63)106-42-20-18-37-82(94(122)109-78(89(117)108-79)36-23-41-102-97(100)101)115(43-45-126-59-64-47-72-70-30-21-34-75-86(70)67(55-104-75)52-83(72)113(4)57-64)44-46-127-60-65-48-73-71-31-22-35-76-87(71)68(56-105-76)53-84(73)114(5)58-65/h6-16,21-22,24-32,34-35,54-56,64-65,72-73,77-85,88,103-106,125H,1,17-20,23,33,36-53,57-60,99H2,2-5H3,(H9-,100,101,102,107,108,109,110,111,112,117,118,119,120,121,122)/p+1/b24-8-,61-7+/t64-,65-,72-,73-,77+,78+,79+,80+,81-,82-,83-,84-,85+,88-,116?/m1/s1. The van der Waals surface area contributed by atoms with Crippen molar-refractivity contribution in [3.05, 3.63) is 215 Å². The van der Waals surface area contributed by atoms with Crippen molar-refractivity contribution in [3.8, 4) is 0 Å². The van der Waals surface area contributed by atoms with E-state index in [2.05, 4.69) is 141 Å². The van der Waals surface area contributed by atoms with Crippen LogP contribution < -0.4 is 54.5 Å². The Balaban J connectivity index is 0.816. The van der Waals surface area contributed by atoms with Gasteiger partial charge in [-0.2, -0.15) is 23.5 Å². The summed E-state index contributed by atoms with van der Waals surface area (Å²) in [5.41, 5.74) is 32.9. The summed E-state index contributed by atoms with van der Waals surface area (Å²) in [5.74, 6) is -0.770. The molecule has 14 rings (SSSR count). The maximum absolute atomic E-state index is 16.4. The average Bonchev–Trinajstić information content (AvgIpc) is 1.54. The zero-order valence-corrected chi connectivity index (χ0v) is 77.3. The molecule has 1 spiro atoms. The number of para-hydroxylation sites is 1. The van der Waals surface area contributed by atoms with Crippen molar-refractivity contribution < 1.29 is 46.4 Å². The number of nitrogens with zero attached hydrogens (tertiary/aromatic N) is 5. The Kier molecular flexibility index (Phi) is 32.6. The number of alkyl halides is 2. The van der Waals surface area contributed by atoms with E-state index >= 15 is 38.4 Å². The Bertz CT molecular complexity index is 5150. The number of unbranched alkanes of at least 4 members (excludes halogenated alkanes) is 1. The van der Waals surface area contributed by atoms with Crippen LogP contribution in [0.15, 0.2) is 181 Å². The molecule has 6 aliphatic rings. The van der Waals surface area contributed by atoms with Gasteiger partial charge in [-0.25, -0.2) is 0 Å². The first kappa shape index (κ1) is 93.7. The summed E-state index contributed by atoms with van der Waals surface area (Å²) in [6.07, 6.45) is 19.8. The van der Waals surface area contributed by atoms with Gasteiger partial charge < -0.3 is 36.6 Å². The number of likely N-dealkylation sites (N-methyl/N-ethyl adjacent to an activating group) is 2. The Morgan fingerprint density at radius 2 is 1.12 bits per heavy atom. The SMILES string of the molecule is C=C/C=C\C(=C/C)CC[C@@H]1NC(=O)[C@H](CCCN=C(N)N)NC(=O)[C@H](N(CCSC[C@@H]2C[C@@H]3c4cccc5[nH]cc(c45)C[C@H]3N(C)C2)CCSC[C@@H]2C[C@@H]3c4cccc5[nH]cc(c45)C[C@H]3N(C)C2)CCCCN[N+]2(C(=O)[C@H](I(C)O)NC(=O)[C@H](CCCCN)NC(=O)[C@@H](Cc3c[nH]c4ccccc34)NC(=O)[C@H](Cc3ccccc3)NC1=O)C(=O)[C@@H]2Cc1ccccc1. The number of aromatic nitrogens is 3. The number of imide groups is 1. The fraction of sp³-hybridized carbons (Fsp3) is 0.474. The van der Waals surface area contributed by atoms with Crippen molar-refractivity contribution in [1.29, 1.82) is 0 Å². The normalized spacial score (nSPS) is 26.5. The number of nitrogens with one attached hydrogen (secondary N) is 10. The second-order valence-corrected chi connectivity index (χ2v) is 41.7. The van der Waals surface area contributed by atoms with Gasteiger partial charge in [-0.1, -0.05) is 97.1 Å². The minimum absolute atomic E-state index is 0.0275. The summed E-state index contributed by atoms with van der Waals surface area (Å²) in [7, 11) is 4.53. The fourth-order valence-electron chi connectivity index (χ4n) is 20.2. The Morgan fingerprint density at radius 3 is 1.69 bits per heavy atom. The first-order valence-electron chi connectivity index (χ1n) is 45.2. The molecule has 30 heteroatoms. The molecule has 7 heterocycles. The first-order valence-corrected chi connectivity index (χ1v) is 51.9. The van der Waals surface area contributed by atoms with Crippen LogP contribution in [-0.2, 0) is 70.5 Å². The summed E-state index contributed by atoms with van der Waals surface area (Å²) >= 11 is 0.245. The molecule has 0 bridgehead atoms. The molecule has 3 aromatic heterocycles. The number of allylic oxidation sites excluding steroid dienone is 5. The second-order valence-electron chi connectivity index (χ2n) is 35.4. The van der Waals surface area contributed by atoms with Crippen LogP contribution in [-0.4, -0.2) is 237 Å². The Labute approximate surface area is 761 Å². The summed E-state index contributed by atoms with van der Waals surface area (Å²) < 4.78 is 9.63. The monoisotopic (exact) mass is 1880 g/mol. The number of H-pyrrole nitrogens is 3. The van der Waals surface area contributed by atoms with E-state index in [4.69, 9.17) is 17.2 Å². The summed E-state index contributed by atoms with van der Waals surface area (Å²) in [6.45, 7) is 9.15. The number of quaternary nitrogens is 1. The van der Waals surface area contributed by atoms with Gasteiger partial charge in [0.1, 0.15) is 6.04 Å². The fourth-order valence-corrected chi connectivity index (χ4v) is 24.4.